The summed E-state index contributed by atoms with van der Waals surface area (Å²) >= 11 is 7.30. The van der Waals surface area contributed by atoms with Crippen molar-refractivity contribution in [2.45, 2.75) is 51.7 Å². The molecule has 0 radical (unpaired) electrons. The molecule has 0 spiro atoms. The van der Waals surface area contributed by atoms with Crippen molar-refractivity contribution in [3.63, 3.8) is 0 Å². The maximum absolute atomic E-state index is 12.4. The quantitative estimate of drug-likeness (QED) is 0.363. The van der Waals surface area contributed by atoms with Crippen molar-refractivity contribution in [3.05, 3.63) is 22.9 Å². The fraction of sp³-hybridized carbons (Fsp3) is 0.647. The average Bonchev–Trinajstić information content (AvgIpc) is 2.49. The van der Waals surface area contributed by atoms with Gasteiger partial charge in [0.1, 0.15) is 12.4 Å². The van der Waals surface area contributed by atoms with Crippen LogP contribution in [0.4, 0.5) is 0 Å². The van der Waals surface area contributed by atoms with Gasteiger partial charge >= 0.3 is 0 Å². The van der Waals surface area contributed by atoms with Gasteiger partial charge in [0.05, 0.1) is 11.3 Å². The molecule has 0 amide bonds. The second-order valence-electron chi connectivity index (χ2n) is 5.57. The standard InChI is InChI=1S/C17H26ClNO3S/c1-4-14(19-22-8-6-7-18)17-15(20)10-13(11-16(17)21)9-12(3)23-5-2/h6-7,12-13,20H,4-5,8-11H2,1-3H3/b7-6-,19-14?/t12-,13+/m1/s1. The number of carbonyl (C=O) groups is 1. The molecule has 0 aromatic carbocycles. The van der Waals surface area contributed by atoms with Gasteiger partial charge in [-0.05, 0) is 30.6 Å². The number of halogens is 1. The molecule has 0 saturated carbocycles. The number of aliphatic hydroxyl groups excluding tert-OH is 1. The van der Waals surface area contributed by atoms with Crippen molar-refractivity contribution in [1.29, 1.82) is 0 Å². The minimum absolute atomic E-state index is 0.0375. The van der Waals surface area contributed by atoms with Gasteiger partial charge in [0.25, 0.3) is 0 Å². The van der Waals surface area contributed by atoms with Crippen LogP contribution in [0.5, 0.6) is 0 Å². The van der Waals surface area contributed by atoms with Crippen molar-refractivity contribution >= 4 is 34.9 Å². The highest BCUT2D eigenvalue weighted by molar-refractivity contribution is 7.99. The fourth-order valence-electron chi connectivity index (χ4n) is 2.77. The Hall–Kier alpha value is -0.940. The maximum atomic E-state index is 12.4. The van der Waals surface area contributed by atoms with Crippen LogP contribution in [0.3, 0.4) is 0 Å². The molecule has 2 atom stereocenters. The highest BCUT2D eigenvalue weighted by Crippen LogP contribution is 2.32. The zero-order valence-corrected chi connectivity index (χ0v) is 15.6. The van der Waals surface area contributed by atoms with Gasteiger partial charge in [-0.2, -0.15) is 11.8 Å². The molecular weight excluding hydrogens is 334 g/mol. The lowest BCUT2D eigenvalue weighted by Crippen LogP contribution is -2.26. The minimum atomic E-state index is -0.0375. The topological polar surface area (TPSA) is 58.9 Å². The Morgan fingerprint density at radius 1 is 1.52 bits per heavy atom. The molecular formula is C17H26ClNO3S. The van der Waals surface area contributed by atoms with E-state index in [1.807, 2.05) is 18.7 Å². The first-order valence-corrected chi connectivity index (χ1v) is 9.53. The highest BCUT2D eigenvalue weighted by Gasteiger charge is 2.31. The molecule has 1 rings (SSSR count). The minimum Gasteiger partial charge on any atom is -0.511 e. The van der Waals surface area contributed by atoms with Crippen LogP contribution in [-0.2, 0) is 9.63 Å². The Labute approximate surface area is 148 Å². The highest BCUT2D eigenvalue weighted by atomic mass is 35.5. The summed E-state index contributed by atoms with van der Waals surface area (Å²) in [4.78, 5) is 17.6. The number of Topliss-reactive ketones (excluding diaryl/α,β-unsaturated/α-hetero) is 1. The maximum Gasteiger partial charge on any atom is 0.168 e. The van der Waals surface area contributed by atoms with Crippen LogP contribution in [0.25, 0.3) is 0 Å². The number of hydrogen-bond acceptors (Lipinski definition) is 5. The summed E-state index contributed by atoms with van der Waals surface area (Å²) in [5, 5.41) is 14.8. The third-order valence-corrected chi connectivity index (χ3v) is 4.97. The van der Waals surface area contributed by atoms with E-state index in [9.17, 15) is 9.90 Å². The lowest BCUT2D eigenvalue weighted by molar-refractivity contribution is -0.116. The second-order valence-corrected chi connectivity index (χ2v) is 7.54. The van der Waals surface area contributed by atoms with E-state index in [0.29, 0.717) is 35.8 Å². The Balaban J connectivity index is 2.79. The summed E-state index contributed by atoms with van der Waals surface area (Å²) in [6.07, 6.45) is 4.09. The van der Waals surface area contributed by atoms with Gasteiger partial charge in [0.2, 0.25) is 0 Å². The van der Waals surface area contributed by atoms with Crippen LogP contribution in [0.1, 0.15) is 46.5 Å². The molecule has 1 N–H and O–H groups in total. The summed E-state index contributed by atoms with van der Waals surface area (Å²) in [5.41, 5.74) is 2.20. The Morgan fingerprint density at radius 2 is 2.26 bits per heavy atom. The number of hydrogen-bond donors (Lipinski definition) is 1. The van der Waals surface area contributed by atoms with Crippen LogP contribution in [-0.4, -0.2) is 34.2 Å². The summed E-state index contributed by atoms with van der Waals surface area (Å²) < 4.78 is 0. The Bertz CT molecular complexity index is 488. The van der Waals surface area contributed by atoms with Crippen molar-refractivity contribution in [2.24, 2.45) is 11.1 Å². The number of ketones is 1. The van der Waals surface area contributed by atoms with Crippen LogP contribution in [0.15, 0.2) is 28.1 Å². The van der Waals surface area contributed by atoms with E-state index in [0.717, 1.165) is 12.2 Å². The molecule has 0 fully saturated rings. The number of carbonyl (C=O) groups excluding carboxylic acids is 1. The zero-order chi connectivity index (χ0) is 17.2. The van der Waals surface area contributed by atoms with Gasteiger partial charge in [-0.3, -0.25) is 4.79 Å². The van der Waals surface area contributed by atoms with E-state index in [-0.39, 0.29) is 24.1 Å². The van der Waals surface area contributed by atoms with Gasteiger partial charge < -0.3 is 9.94 Å². The lowest BCUT2D eigenvalue weighted by Gasteiger charge is -2.25. The van der Waals surface area contributed by atoms with Crippen LogP contribution >= 0.6 is 23.4 Å². The third-order valence-electron chi connectivity index (χ3n) is 3.70. The summed E-state index contributed by atoms with van der Waals surface area (Å²) in [6, 6.07) is 0. The van der Waals surface area contributed by atoms with E-state index in [2.05, 4.69) is 19.0 Å². The predicted molar refractivity (Wildman–Crippen MR) is 98.3 cm³/mol. The second kappa shape index (κ2) is 10.8. The largest absolute Gasteiger partial charge is 0.511 e. The molecule has 4 nitrogen and oxygen atoms in total. The van der Waals surface area contributed by atoms with Crippen molar-refractivity contribution < 1.29 is 14.7 Å². The number of nitrogens with zero attached hydrogens (tertiary/aromatic N) is 1. The molecule has 130 valence electrons. The third kappa shape index (κ3) is 6.60. The fourth-order valence-corrected chi connectivity index (χ4v) is 3.82. The number of rotatable bonds is 9. The number of allylic oxidation sites excluding steroid dienone is 2. The number of aliphatic hydroxyl groups is 1. The molecule has 23 heavy (non-hydrogen) atoms. The molecule has 0 saturated heterocycles. The molecule has 0 bridgehead atoms. The van der Waals surface area contributed by atoms with Crippen molar-refractivity contribution in [2.75, 3.05) is 12.4 Å². The van der Waals surface area contributed by atoms with E-state index >= 15 is 0 Å². The van der Waals surface area contributed by atoms with E-state index in [4.69, 9.17) is 16.4 Å². The van der Waals surface area contributed by atoms with Gasteiger partial charge in [-0.25, -0.2) is 0 Å². The first-order chi connectivity index (χ1) is 11.0. The summed E-state index contributed by atoms with van der Waals surface area (Å²) in [6.45, 7) is 6.43. The van der Waals surface area contributed by atoms with Gasteiger partial charge in [0.15, 0.2) is 5.78 Å². The Kier molecular flexibility index (Phi) is 9.41. The first kappa shape index (κ1) is 20.1. The molecule has 0 aromatic rings. The van der Waals surface area contributed by atoms with Gasteiger partial charge in [0, 0.05) is 23.6 Å². The van der Waals surface area contributed by atoms with Gasteiger partial charge in [-0.15, -0.1) is 0 Å². The normalized spacial score (nSPS) is 21.1. The van der Waals surface area contributed by atoms with Crippen LogP contribution < -0.4 is 0 Å². The lowest BCUT2D eigenvalue weighted by atomic mass is 9.82. The van der Waals surface area contributed by atoms with E-state index in [1.54, 1.807) is 6.08 Å². The molecule has 1 aliphatic carbocycles. The van der Waals surface area contributed by atoms with Crippen LogP contribution in [0.2, 0.25) is 0 Å². The van der Waals surface area contributed by atoms with Gasteiger partial charge in [-0.1, -0.05) is 37.5 Å². The van der Waals surface area contributed by atoms with Crippen molar-refractivity contribution in [3.8, 4) is 0 Å². The zero-order valence-electron chi connectivity index (χ0n) is 14.0. The smallest absolute Gasteiger partial charge is 0.168 e. The molecule has 6 heteroatoms. The monoisotopic (exact) mass is 359 g/mol. The predicted octanol–water partition coefficient (Wildman–Crippen LogP) is 4.84. The van der Waals surface area contributed by atoms with Crippen LogP contribution in [0, 0.1) is 5.92 Å². The number of oxime groups is 1. The molecule has 0 unspecified atom stereocenters. The van der Waals surface area contributed by atoms with Crippen molar-refractivity contribution in [1.82, 2.24) is 0 Å². The Morgan fingerprint density at radius 3 is 2.83 bits per heavy atom. The average molecular weight is 360 g/mol. The summed E-state index contributed by atoms with van der Waals surface area (Å²) in [5.74, 6) is 1.38. The summed E-state index contributed by atoms with van der Waals surface area (Å²) in [7, 11) is 0. The van der Waals surface area contributed by atoms with E-state index < -0.39 is 0 Å². The molecule has 0 heterocycles. The molecule has 0 aromatic heterocycles. The SMILES string of the molecule is CCS[C@H](C)C[C@@H]1CC(=O)C(C(CC)=NOC/C=C\Cl)=C(O)C1. The first-order valence-electron chi connectivity index (χ1n) is 8.04. The van der Waals surface area contributed by atoms with E-state index in [1.165, 1.54) is 5.54 Å². The number of thioether (sulfide) groups is 1. The molecule has 0 aliphatic heterocycles. The molecule has 1 aliphatic rings.